The fourth-order valence-electron chi connectivity index (χ4n) is 3.51. The summed E-state index contributed by atoms with van der Waals surface area (Å²) >= 11 is 0. The van der Waals surface area contributed by atoms with Crippen LogP contribution in [0.25, 0.3) is 16.6 Å². The van der Waals surface area contributed by atoms with Crippen LogP contribution in [0.2, 0.25) is 0 Å². The minimum absolute atomic E-state index is 0.0729. The molecule has 0 atom stereocenters. The molecule has 0 saturated heterocycles. The Morgan fingerprint density at radius 1 is 1.19 bits per heavy atom. The van der Waals surface area contributed by atoms with Crippen LogP contribution in [0.15, 0.2) is 47.4 Å². The monoisotopic (exact) mass is 349 g/mol. The smallest absolute Gasteiger partial charge is 0.343 e. The molecule has 2 aromatic heterocycles. The maximum absolute atomic E-state index is 12.8. The van der Waals surface area contributed by atoms with Crippen LogP contribution in [0, 0.1) is 6.92 Å². The van der Waals surface area contributed by atoms with Gasteiger partial charge in [0.05, 0.1) is 12.6 Å². The molecule has 1 aromatic carbocycles. The second-order valence-corrected chi connectivity index (χ2v) is 6.70. The third kappa shape index (κ3) is 2.56. The van der Waals surface area contributed by atoms with Crippen LogP contribution >= 0.6 is 0 Å². The van der Waals surface area contributed by atoms with Crippen molar-refractivity contribution in [2.24, 2.45) is 0 Å². The molecule has 4 rings (SSSR count). The van der Waals surface area contributed by atoms with E-state index < -0.39 is 5.97 Å². The molecule has 5 nitrogen and oxygen atoms in total. The van der Waals surface area contributed by atoms with Crippen LogP contribution in [-0.4, -0.2) is 22.6 Å². The molecule has 1 N–H and O–H groups in total. The van der Waals surface area contributed by atoms with Crippen LogP contribution < -0.4 is 5.56 Å². The Bertz CT molecular complexity index is 1080. The zero-order chi connectivity index (χ0) is 18.4. The Morgan fingerprint density at radius 3 is 2.50 bits per heavy atom. The highest BCUT2D eigenvalue weighted by Crippen LogP contribution is 2.43. The minimum atomic E-state index is -0.605. The molecular formula is C21H19NO4. The second kappa shape index (κ2) is 6.02. The molecule has 1 aliphatic rings. The number of carbonyl (C=O) groups excluding carboxylic acids is 1. The number of benzene rings is 1. The van der Waals surface area contributed by atoms with E-state index in [1.54, 1.807) is 28.8 Å². The molecule has 0 amide bonds. The average molecular weight is 349 g/mol. The number of aromatic nitrogens is 1. The van der Waals surface area contributed by atoms with Crippen LogP contribution in [0.3, 0.4) is 0 Å². The van der Waals surface area contributed by atoms with Gasteiger partial charge in [-0.05, 0) is 72.2 Å². The fourth-order valence-corrected chi connectivity index (χ4v) is 3.51. The van der Waals surface area contributed by atoms with Gasteiger partial charge in [-0.2, -0.15) is 0 Å². The van der Waals surface area contributed by atoms with Gasteiger partial charge >= 0.3 is 5.97 Å². The molecule has 1 saturated carbocycles. The molecule has 26 heavy (non-hydrogen) atoms. The molecule has 5 heteroatoms. The molecule has 0 bridgehead atoms. The molecule has 0 spiro atoms. The number of carbonyl (C=O) groups is 1. The maximum atomic E-state index is 12.8. The summed E-state index contributed by atoms with van der Waals surface area (Å²) < 4.78 is 6.33. The number of nitrogens with zero attached hydrogens (tertiary/aromatic N) is 1. The van der Waals surface area contributed by atoms with E-state index in [1.165, 1.54) is 7.11 Å². The fraction of sp³-hybridized carbons (Fsp3) is 0.238. The standard InChI is InChI=1S/C21H19NO4/c1-12-16(13-5-7-15(23)8-6-13)9-10-22-19(12)17(14-3-4-14)11-18(20(22)24)21(25)26-2/h5-11,14,23H,3-4H2,1-2H3. The molecular weight excluding hydrogens is 330 g/mol. The summed E-state index contributed by atoms with van der Waals surface area (Å²) in [4.78, 5) is 24.8. The summed E-state index contributed by atoms with van der Waals surface area (Å²) in [6, 6.07) is 10.6. The van der Waals surface area contributed by atoms with Crippen molar-refractivity contribution in [3.63, 3.8) is 0 Å². The van der Waals surface area contributed by atoms with Gasteiger partial charge in [-0.25, -0.2) is 4.79 Å². The Labute approximate surface area is 150 Å². The number of rotatable bonds is 3. The first-order chi connectivity index (χ1) is 12.5. The lowest BCUT2D eigenvalue weighted by Crippen LogP contribution is -2.24. The van der Waals surface area contributed by atoms with Crippen molar-refractivity contribution < 1.29 is 14.6 Å². The lowest BCUT2D eigenvalue weighted by atomic mass is 9.96. The number of esters is 1. The van der Waals surface area contributed by atoms with Crippen LogP contribution in [0.5, 0.6) is 5.75 Å². The van der Waals surface area contributed by atoms with Gasteiger partial charge in [0.25, 0.3) is 5.56 Å². The molecule has 1 fully saturated rings. The number of ether oxygens (including phenoxy) is 1. The van der Waals surface area contributed by atoms with Gasteiger partial charge in [-0.3, -0.25) is 9.20 Å². The van der Waals surface area contributed by atoms with E-state index in [9.17, 15) is 14.7 Å². The van der Waals surface area contributed by atoms with Crippen molar-refractivity contribution in [3.05, 3.63) is 69.6 Å². The second-order valence-electron chi connectivity index (χ2n) is 6.70. The topological polar surface area (TPSA) is 68.0 Å². The number of aromatic hydroxyl groups is 1. The molecule has 0 unspecified atom stereocenters. The van der Waals surface area contributed by atoms with E-state index in [0.717, 1.165) is 40.6 Å². The van der Waals surface area contributed by atoms with Gasteiger partial charge in [0.1, 0.15) is 11.3 Å². The lowest BCUT2D eigenvalue weighted by Gasteiger charge is -2.15. The molecule has 1 aliphatic carbocycles. The Morgan fingerprint density at radius 2 is 1.88 bits per heavy atom. The molecule has 2 heterocycles. The summed E-state index contributed by atoms with van der Waals surface area (Å²) in [5, 5.41) is 9.52. The van der Waals surface area contributed by atoms with Gasteiger partial charge < -0.3 is 9.84 Å². The number of hydrogen-bond acceptors (Lipinski definition) is 4. The zero-order valence-corrected chi connectivity index (χ0v) is 14.7. The summed E-state index contributed by atoms with van der Waals surface area (Å²) in [5.41, 5.74) is 4.53. The van der Waals surface area contributed by atoms with Crippen molar-refractivity contribution in [2.75, 3.05) is 7.11 Å². The largest absolute Gasteiger partial charge is 0.508 e. The van der Waals surface area contributed by atoms with E-state index in [0.29, 0.717) is 5.92 Å². The number of pyridine rings is 2. The molecule has 0 radical (unpaired) electrons. The Hall–Kier alpha value is -3.08. The van der Waals surface area contributed by atoms with E-state index in [1.807, 2.05) is 25.1 Å². The third-order valence-electron chi connectivity index (χ3n) is 5.01. The van der Waals surface area contributed by atoms with Crippen LogP contribution in [0.4, 0.5) is 0 Å². The first-order valence-corrected chi connectivity index (χ1v) is 8.58. The highest BCUT2D eigenvalue weighted by atomic mass is 16.5. The Kier molecular flexibility index (Phi) is 3.80. The minimum Gasteiger partial charge on any atom is -0.508 e. The van der Waals surface area contributed by atoms with E-state index in [4.69, 9.17) is 4.74 Å². The number of methoxy groups -OCH3 is 1. The molecule has 3 aromatic rings. The van der Waals surface area contributed by atoms with Gasteiger partial charge in [0.15, 0.2) is 0 Å². The van der Waals surface area contributed by atoms with E-state index in [-0.39, 0.29) is 16.9 Å². The van der Waals surface area contributed by atoms with Crippen molar-refractivity contribution in [2.45, 2.75) is 25.7 Å². The van der Waals surface area contributed by atoms with Crippen LogP contribution in [0.1, 0.15) is 40.2 Å². The lowest BCUT2D eigenvalue weighted by molar-refractivity contribution is 0.0598. The van der Waals surface area contributed by atoms with Crippen molar-refractivity contribution in [1.29, 1.82) is 0 Å². The molecule has 132 valence electrons. The molecule has 0 aliphatic heterocycles. The maximum Gasteiger partial charge on any atom is 0.343 e. The first-order valence-electron chi connectivity index (χ1n) is 8.58. The van der Waals surface area contributed by atoms with Gasteiger partial charge in [-0.15, -0.1) is 0 Å². The number of hydrogen-bond donors (Lipinski definition) is 1. The highest BCUT2D eigenvalue weighted by molar-refractivity contribution is 5.90. The van der Waals surface area contributed by atoms with E-state index in [2.05, 4.69) is 0 Å². The van der Waals surface area contributed by atoms with E-state index >= 15 is 0 Å². The number of phenolic OH excluding ortho intramolecular Hbond substituents is 1. The summed E-state index contributed by atoms with van der Waals surface area (Å²) in [6.45, 7) is 1.99. The summed E-state index contributed by atoms with van der Waals surface area (Å²) in [6.07, 6.45) is 3.82. The number of phenols is 1. The van der Waals surface area contributed by atoms with Crippen molar-refractivity contribution in [3.8, 4) is 16.9 Å². The highest BCUT2D eigenvalue weighted by Gasteiger charge is 2.29. The number of fused-ring (bicyclic) bond motifs is 1. The zero-order valence-electron chi connectivity index (χ0n) is 14.7. The normalized spacial score (nSPS) is 13.8. The summed E-state index contributed by atoms with van der Waals surface area (Å²) in [7, 11) is 1.28. The van der Waals surface area contributed by atoms with Gasteiger partial charge in [0.2, 0.25) is 0 Å². The van der Waals surface area contributed by atoms with Crippen LogP contribution in [-0.2, 0) is 4.74 Å². The van der Waals surface area contributed by atoms with Gasteiger partial charge in [0, 0.05) is 6.20 Å². The number of aryl methyl sites for hydroxylation is 1. The summed E-state index contributed by atoms with van der Waals surface area (Å²) in [5.74, 6) is -0.0286. The average Bonchev–Trinajstić information content (AvgIpc) is 3.48. The SMILES string of the molecule is COC(=O)c1cc(C2CC2)c2c(C)c(-c3ccc(O)cc3)ccn2c1=O. The predicted molar refractivity (Wildman–Crippen MR) is 98.8 cm³/mol. The third-order valence-corrected chi connectivity index (χ3v) is 5.01. The first kappa shape index (κ1) is 16.4. The van der Waals surface area contributed by atoms with Crippen molar-refractivity contribution in [1.82, 2.24) is 4.40 Å². The van der Waals surface area contributed by atoms with Crippen molar-refractivity contribution >= 4 is 11.5 Å². The Balaban J connectivity index is 2.02. The van der Waals surface area contributed by atoms with Gasteiger partial charge in [-0.1, -0.05) is 12.1 Å². The predicted octanol–water partition coefficient (Wildman–Crippen LogP) is 3.64. The quantitative estimate of drug-likeness (QED) is 0.733.